The van der Waals surface area contributed by atoms with Crippen LogP contribution >= 0.6 is 11.6 Å². The molecule has 0 unspecified atom stereocenters. The van der Waals surface area contributed by atoms with E-state index in [1.807, 2.05) is 6.07 Å². The van der Waals surface area contributed by atoms with E-state index >= 15 is 0 Å². The average molecular weight is 399 g/mol. The van der Waals surface area contributed by atoms with E-state index in [0.29, 0.717) is 30.0 Å². The van der Waals surface area contributed by atoms with Crippen molar-refractivity contribution in [1.29, 1.82) is 5.26 Å². The Morgan fingerprint density at radius 1 is 1.32 bits per heavy atom. The summed E-state index contributed by atoms with van der Waals surface area (Å²) in [6, 6.07) is 5.13. The van der Waals surface area contributed by atoms with E-state index in [1.54, 1.807) is 19.1 Å². The summed E-state index contributed by atoms with van der Waals surface area (Å²) in [7, 11) is 1.46. The van der Waals surface area contributed by atoms with Crippen LogP contribution in [0.2, 0.25) is 5.02 Å². The Bertz CT molecular complexity index is 941. The topological polar surface area (TPSA) is 87.5 Å². The third-order valence-electron chi connectivity index (χ3n) is 5.25. The minimum atomic E-state index is -0.972. The molecule has 1 heterocycles. The van der Waals surface area contributed by atoms with Crippen LogP contribution in [0.15, 0.2) is 12.1 Å². The van der Waals surface area contributed by atoms with Crippen molar-refractivity contribution in [3.8, 4) is 23.7 Å². The van der Waals surface area contributed by atoms with Gasteiger partial charge in [0.05, 0.1) is 13.2 Å². The Morgan fingerprint density at radius 2 is 1.96 bits per heavy atom. The van der Waals surface area contributed by atoms with Gasteiger partial charge in [0.2, 0.25) is 5.91 Å². The summed E-state index contributed by atoms with van der Waals surface area (Å²) >= 11 is 6.40. The largest absolute Gasteiger partial charge is 0.496 e. The highest BCUT2D eigenvalue weighted by molar-refractivity contribution is 6.32. The monoisotopic (exact) mass is 398 g/mol. The molecule has 6 nitrogen and oxygen atoms in total. The summed E-state index contributed by atoms with van der Waals surface area (Å²) in [5, 5.41) is 8.92. The van der Waals surface area contributed by atoms with E-state index in [1.165, 1.54) is 12.0 Å². The SMILES string of the molecule is CC#Cc1cc(Cl)c(C2C(=O)CC3(CC2=O)CN(C(=O)CC#N)C3)c(OC)c1. The highest BCUT2D eigenvalue weighted by Gasteiger charge is 2.53. The Morgan fingerprint density at radius 3 is 2.50 bits per heavy atom. The van der Waals surface area contributed by atoms with Crippen LogP contribution in [0.4, 0.5) is 0 Å². The third-order valence-corrected chi connectivity index (χ3v) is 5.56. The lowest BCUT2D eigenvalue weighted by atomic mass is 9.63. The van der Waals surface area contributed by atoms with Gasteiger partial charge in [0.1, 0.15) is 29.7 Å². The first-order valence-electron chi connectivity index (χ1n) is 8.84. The molecule has 1 aromatic rings. The molecule has 1 aromatic carbocycles. The summed E-state index contributed by atoms with van der Waals surface area (Å²) < 4.78 is 5.39. The molecule has 7 heteroatoms. The zero-order chi connectivity index (χ0) is 20.5. The second-order valence-corrected chi connectivity index (χ2v) is 7.66. The number of hydrogen-bond acceptors (Lipinski definition) is 5. The maximum Gasteiger partial charge on any atom is 0.236 e. The van der Waals surface area contributed by atoms with Gasteiger partial charge in [0.15, 0.2) is 0 Å². The first-order valence-corrected chi connectivity index (χ1v) is 9.22. The second-order valence-electron chi connectivity index (χ2n) is 7.25. The number of methoxy groups -OCH3 is 1. The molecule has 0 bridgehead atoms. The standard InChI is InChI=1S/C21H19ClN2O4/c1-3-4-13-7-14(22)19(17(8-13)28-2)20-15(25)9-21(10-16(20)26)11-24(12-21)18(27)5-6-23/h7-8,20H,5,9-12H2,1-2H3. The maximum absolute atomic E-state index is 12.9. The Labute approximate surface area is 168 Å². The number of benzene rings is 1. The number of nitriles is 1. The highest BCUT2D eigenvalue weighted by Crippen LogP contribution is 2.47. The fraction of sp³-hybridized carbons (Fsp3) is 0.429. The van der Waals surface area contributed by atoms with Crippen LogP contribution in [0.5, 0.6) is 5.75 Å². The van der Waals surface area contributed by atoms with Gasteiger partial charge in [-0.25, -0.2) is 0 Å². The molecule has 1 saturated heterocycles. The number of amides is 1. The van der Waals surface area contributed by atoms with Gasteiger partial charge < -0.3 is 9.64 Å². The van der Waals surface area contributed by atoms with Crippen molar-refractivity contribution >= 4 is 29.1 Å². The highest BCUT2D eigenvalue weighted by atomic mass is 35.5. The van der Waals surface area contributed by atoms with Gasteiger partial charge in [-0.3, -0.25) is 14.4 Å². The fourth-order valence-corrected chi connectivity index (χ4v) is 4.43. The minimum Gasteiger partial charge on any atom is -0.496 e. The van der Waals surface area contributed by atoms with Crippen molar-refractivity contribution in [3.63, 3.8) is 0 Å². The number of hydrogen-bond donors (Lipinski definition) is 0. The number of carbonyl (C=O) groups excluding carboxylic acids is 3. The van der Waals surface area contributed by atoms with E-state index in [-0.39, 0.29) is 41.8 Å². The minimum absolute atomic E-state index is 0.190. The summed E-state index contributed by atoms with van der Waals surface area (Å²) in [5.74, 6) is 4.34. The first-order chi connectivity index (χ1) is 13.3. The van der Waals surface area contributed by atoms with Crippen LogP contribution in [-0.2, 0) is 14.4 Å². The molecule has 2 aliphatic rings. The third kappa shape index (κ3) is 3.48. The molecule has 1 amide bonds. The molecule has 2 fully saturated rings. The predicted octanol–water partition coefficient (Wildman–Crippen LogP) is 2.48. The van der Waals surface area contributed by atoms with Gasteiger partial charge in [-0.15, -0.1) is 5.92 Å². The number of ether oxygens (including phenoxy) is 1. The molecule has 1 saturated carbocycles. The molecule has 28 heavy (non-hydrogen) atoms. The van der Waals surface area contributed by atoms with Crippen LogP contribution in [0.25, 0.3) is 0 Å². The van der Waals surface area contributed by atoms with Crippen LogP contribution in [-0.4, -0.2) is 42.6 Å². The molecule has 1 aliphatic carbocycles. The van der Waals surface area contributed by atoms with Gasteiger partial charge in [0.25, 0.3) is 0 Å². The predicted molar refractivity (Wildman–Crippen MR) is 102 cm³/mol. The maximum atomic E-state index is 12.9. The van der Waals surface area contributed by atoms with Gasteiger partial charge in [-0.1, -0.05) is 17.5 Å². The normalized spacial score (nSPS) is 18.1. The molecule has 144 valence electrons. The molecule has 1 aliphatic heterocycles. The van der Waals surface area contributed by atoms with E-state index in [9.17, 15) is 14.4 Å². The van der Waals surface area contributed by atoms with Gasteiger partial charge in [-0.2, -0.15) is 5.26 Å². The van der Waals surface area contributed by atoms with Crippen LogP contribution in [0.3, 0.4) is 0 Å². The van der Waals surface area contributed by atoms with Crippen molar-refractivity contribution in [1.82, 2.24) is 4.90 Å². The summed E-state index contributed by atoms with van der Waals surface area (Å²) in [5.41, 5.74) is 0.502. The van der Waals surface area contributed by atoms with Crippen LogP contribution < -0.4 is 4.74 Å². The lowest BCUT2D eigenvalue weighted by Crippen LogP contribution is -2.62. The zero-order valence-electron chi connectivity index (χ0n) is 15.7. The van der Waals surface area contributed by atoms with Gasteiger partial charge >= 0.3 is 0 Å². The average Bonchev–Trinajstić information content (AvgIpc) is 2.60. The molecular formula is C21H19ClN2O4. The molecule has 0 atom stereocenters. The van der Waals surface area contributed by atoms with Crippen molar-refractivity contribution < 1.29 is 19.1 Å². The number of rotatable bonds is 3. The van der Waals surface area contributed by atoms with E-state index < -0.39 is 11.3 Å². The molecule has 1 spiro atoms. The number of carbonyl (C=O) groups is 3. The van der Waals surface area contributed by atoms with E-state index in [0.717, 1.165) is 0 Å². The molecule has 0 aromatic heterocycles. The van der Waals surface area contributed by atoms with Crippen LogP contribution in [0.1, 0.15) is 43.2 Å². The van der Waals surface area contributed by atoms with Crippen molar-refractivity contribution in [2.45, 2.75) is 32.1 Å². The zero-order valence-corrected chi connectivity index (χ0v) is 16.4. The number of nitrogens with zero attached hydrogens (tertiary/aromatic N) is 2. The summed E-state index contributed by atoms with van der Waals surface area (Å²) in [6.07, 6.45) is 0.186. The lowest BCUT2D eigenvalue weighted by Gasteiger charge is -2.52. The number of halogens is 1. The second kappa shape index (κ2) is 7.66. The number of ketones is 2. The van der Waals surface area contributed by atoms with Crippen LogP contribution in [0, 0.1) is 28.6 Å². The molecule has 0 N–H and O–H groups in total. The van der Waals surface area contributed by atoms with Crippen molar-refractivity contribution in [2.24, 2.45) is 5.41 Å². The Balaban J connectivity index is 1.84. The quantitative estimate of drug-likeness (QED) is 0.576. The number of likely N-dealkylation sites (tertiary alicyclic amines) is 1. The lowest BCUT2D eigenvalue weighted by molar-refractivity contribution is -0.154. The summed E-state index contributed by atoms with van der Waals surface area (Å²) in [4.78, 5) is 39.2. The summed E-state index contributed by atoms with van der Waals surface area (Å²) in [6.45, 7) is 2.35. The van der Waals surface area contributed by atoms with Gasteiger partial charge in [-0.05, 0) is 19.1 Å². The smallest absolute Gasteiger partial charge is 0.236 e. The fourth-order valence-electron chi connectivity index (χ4n) is 4.11. The molecule has 0 radical (unpaired) electrons. The number of Topliss-reactive ketones (excluding diaryl/α,β-unsaturated/α-hetero) is 2. The molecular weight excluding hydrogens is 380 g/mol. The van der Waals surface area contributed by atoms with E-state index in [4.69, 9.17) is 21.6 Å². The Hall–Kier alpha value is -2.83. The first kappa shape index (κ1) is 19.9. The van der Waals surface area contributed by atoms with Crippen molar-refractivity contribution in [3.05, 3.63) is 28.3 Å². The Kier molecular flexibility index (Phi) is 5.45. The molecule has 3 rings (SSSR count). The van der Waals surface area contributed by atoms with E-state index in [2.05, 4.69) is 11.8 Å². The van der Waals surface area contributed by atoms with Crippen molar-refractivity contribution in [2.75, 3.05) is 20.2 Å². The van der Waals surface area contributed by atoms with Gasteiger partial charge in [0, 0.05) is 47.5 Å².